The molecule has 0 aliphatic carbocycles. The maximum absolute atomic E-state index is 12.9. The summed E-state index contributed by atoms with van der Waals surface area (Å²) in [6.45, 7) is 4.24. The highest BCUT2D eigenvalue weighted by atomic mass is 16.3. The molecule has 172 valence electrons. The van der Waals surface area contributed by atoms with Gasteiger partial charge in [0.1, 0.15) is 0 Å². The van der Waals surface area contributed by atoms with Crippen molar-refractivity contribution in [1.82, 2.24) is 10.2 Å². The van der Waals surface area contributed by atoms with Gasteiger partial charge in [0.25, 0.3) is 5.91 Å². The van der Waals surface area contributed by atoms with Gasteiger partial charge >= 0.3 is 0 Å². The molecule has 1 amide bonds. The summed E-state index contributed by atoms with van der Waals surface area (Å²) in [6, 6.07) is 21.6. The normalized spacial score (nSPS) is 15.7. The largest absolute Gasteiger partial charge is 0.504 e. The van der Waals surface area contributed by atoms with Crippen molar-refractivity contribution < 1.29 is 15.0 Å². The Kier molecular flexibility index (Phi) is 7.30. The first-order valence-corrected chi connectivity index (χ1v) is 11.7. The Labute approximate surface area is 195 Å². The summed E-state index contributed by atoms with van der Waals surface area (Å²) in [5.74, 6) is -0.187. The van der Waals surface area contributed by atoms with Gasteiger partial charge in [0, 0.05) is 31.2 Å². The lowest BCUT2D eigenvalue weighted by Gasteiger charge is -2.35. The van der Waals surface area contributed by atoms with Crippen LogP contribution in [0.3, 0.4) is 0 Å². The van der Waals surface area contributed by atoms with Crippen molar-refractivity contribution in [3.05, 3.63) is 94.5 Å². The number of unbranched alkanes of at least 4 members (excludes halogenated alkanes) is 1. The average molecular weight is 445 g/mol. The number of amides is 1. The Morgan fingerprint density at radius 1 is 1.00 bits per heavy atom. The molecule has 1 atom stereocenters. The predicted octanol–water partition coefficient (Wildman–Crippen LogP) is 4.97. The molecule has 5 heteroatoms. The zero-order chi connectivity index (χ0) is 23.2. The second-order valence-corrected chi connectivity index (χ2v) is 8.79. The molecule has 0 fully saturated rings. The number of carbonyl (C=O) groups excluding carboxylic acids is 1. The summed E-state index contributed by atoms with van der Waals surface area (Å²) in [7, 11) is 0. The third-order valence-corrected chi connectivity index (χ3v) is 6.56. The van der Waals surface area contributed by atoms with Gasteiger partial charge in [0.2, 0.25) is 0 Å². The van der Waals surface area contributed by atoms with Gasteiger partial charge in [-0.2, -0.15) is 0 Å². The second-order valence-electron chi connectivity index (χ2n) is 8.79. The van der Waals surface area contributed by atoms with E-state index in [-0.39, 0.29) is 23.4 Å². The first-order valence-electron chi connectivity index (χ1n) is 11.7. The van der Waals surface area contributed by atoms with Crippen LogP contribution < -0.4 is 5.32 Å². The van der Waals surface area contributed by atoms with Crippen LogP contribution in [0, 0.1) is 0 Å². The number of phenolic OH excluding ortho intramolecular Hbond substituents is 2. The summed E-state index contributed by atoms with van der Waals surface area (Å²) in [6.07, 6.45) is 3.80. The molecule has 5 nitrogen and oxygen atoms in total. The molecule has 0 bridgehead atoms. The molecule has 0 radical (unpaired) electrons. The molecule has 0 saturated heterocycles. The van der Waals surface area contributed by atoms with Crippen molar-refractivity contribution in [1.29, 1.82) is 0 Å². The molecule has 4 rings (SSSR count). The minimum atomic E-state index is -0.0884. The Balaban J connectivity index is 1.35. The maximum atomic E-state index is 12.9. The van der Waals surface area contributed by atoms with E-state index in [1.54, 1.807) is 12.1 Å². The standard InChI is InChI=1S/C28H32N2O3/c1-20-25-18-27(32)26(31)17-22(25)14-16-30(20)19-23-12-5-6-13-24(23)28(33)29-15-8-7-11-21-9-3-2-4-10-21/h2-6,9-10,12-13,17-18,20,31-32H,7-8,11,14-16,19H2,1H3,(H,29,33). The van der Waals surface area contributed by atoms with Crippen molar-refractivity contribution in [2.75, 3.05) is 13.1 Å². The molecule has 0 saturated carbocycles. The highest BCUT2D eigenvalue weighted by Gasteiger charge is 2.26. The van der Waals surface area contributed by atoms with E-state index in [1.165, 1.54) is 5.56 Å². The van der Waals surface area contributed by atoms with Gasteiger partial charge in [-0.15, -0.1) is 0 Å². The molecule has 1 heterocycles. The van der Waals surface area contributed by atoms with Crippen LogP contribution in [0.5, 0.6) is 11.5 Å². The van der Waals surface area contributed by atoms with Gasteiger partial charge in [-0.05, 0) is 73.1 Å². The number of nitrogens with zero attached hydrogens (tertiary/aromatic N) is 1. The minimum Gasteiger partial charge on any atom is -0.504 e. The topological polar surface area (TPSA) is 72.8 Å². The van der Waals surface area contributed by atoms with Crippen LogP contribution in [-0.2, 0) is 19.4 Å². The van der Waals surface area contributed by atoms with Gasteiger partial charge in [-0.25, -0.2) is 0 Å². The molecule has 1 aliphatic rings. The van der Waals surface area contributed by atoms with Crippen LogP contribution >= 0.6 is 0 Å². The number of fused-ring (bicyclic) bond motifs is 1. The fourth-order valence-corrected chi connectivity index (χ4v) is 4.61. The van der Waals surface area contributed by atoms with Crippen LogP contribution in [0.1, 0.15) is 58.4 Å². The van der Waals surface area contributed by atoms with Gasteiger partial charge in [-0.3, -0.25) is 9.69 Å². The zero-order valence-electron chi connectivity index (χ0n) is 19.1. The van der Waals surface area contributed by atoms with E-state index in [9.17, 15) is 15.0 Å². The molecule has 1 unspecified atom stereocenters. The Hall–Kier alpha value is -3.31. The van der Waals surface area contributed by atoms with Crippen LogP contribution in [0.2, 0.25) is 0 Å². The van der Waals surface area contributed by atoms with Gasteiger partial charge in [0.05, 0.1) is 0 Å². The number of aromatic hydroxyl groups is 2. The lowest BCUT2D eigenvalue weighted by atomic mass is 9.92. The van der Waals surface area contributed by atoms with Crippen LogP contribution in [0.4, 0.5) is 0 Å². The second kappa shape index (κ2) is 10.5. The molecule has 0 spiro atoms. The number of carbonyl (C=O) groups is 1. The lowest BCUT2D eigenvalue weighted by Crippen LogP contribution is -2.34. The maximum Gasteiger partial charge on any atom is 0.251 e. The summed E-state index contributed by atoms with van der Waals surface area (Å²) in [5, 5.41) is 22.8. The van der Waals surface area contributed by atoms with E-state index in [0.717, 1.165) is 48.9 Å². The van der Waals surface area contributed by atoms with Crippen LogP contribution in [-0.4, -0.2) is 34.1 Å². The molecule has 0 aromatic heterocycles. The summed E-state index contributed by atoms with van der Waals surface area (Å²) in [4.78, 5) is 15.2. The monoisotopic (exact) mass is 444 g/mol. The number of aryl methyl sites for hydroxylation is 1. The van der Waals surface area contributed by atoms with Gasteiger partial charge in [0.15, 0.2) is 11.5 Å². The molecule has 33 heavy (non-hydrogen) atoms. The summed E-state index contributed by atoms with van der Waals surface area (Å²) < 4.78 is 0. The molecule has 1 aliphatic heterocycles. The summed E-state index contributed by atoms with van der Waals surface area (Å²) in [5.41, 5.74) is 5.13. The smallest absolute Gasteiger partial charge is 0.251 e. The highest BCUT2D eigenvalue weighted by Crippen LogP contribution is 2.37. The van der Waals surface area contributed by atoms with E-state index in [4.69, 9.17) is 0 Å². The average Bonchev–Trinajstić information content (AvgIpc) is 2.83. The molecular weight excluding hydrogens is 412 g/mol. The van der Waals surface area contributed by atoms with E-state index >= 15 is 0 Å². The molecular formula is C28H32N2O3. The van der Waals surface area contributed by atoms with E-state index in [1.807, 2.05) is 30.3 Å². The minimum absolute atomic E-state index is 0.0297. The Morgan fingerprint density at radius 3 is 2.55 bits per heavy atom. The highest BCUT2D eigenvalue weighted by molar-refractivity contribution is 5.95. The van der Waals surface area contributed by atoms with Crippen molar-refractivity contribution in [2.24, 2.45) is 0 Å². The summed E-state index contributed by atoms with van der Waals surface area (Å²) >= 11 is 0. The quantitative estimate of drug-likeness (QED) is 0.339. The molecule has 3 aromatic carbocycles. The van der Waals surface area contributed by atoms with Crippen molar-refractivity contribution in [3.8, 4) is 11.5 Å². The van der Waals surface area contributed by atoms with E-state index < -0.39 is 0 Å². The van der Waals surface area contributed by atoms with Crippen LogP contribution in [0.25, 0.3) is 0 Å². The van der Waals surface area contributed by atoms with Crippen molar-refractivity contribution in [3.63, 3.8) is 0 Å². The van der Waals surface area contributed by atoms with E-state index in [2.05, 4.69) is 41.4 Å². The van der Waals surface area contributed by atoms with Gasteiger partial charge < -0.3 is 15.5 Å². The first-order chi connectivity index (χ1) is 16.0. The number of nitrogens with one attached hydrogen (secondary N) is 1. The molecule has 3 aromatic rings. The number of hydrogen-bond acceptors (Lipinski definition) is 4. The zero-order valence-corrected chi connectivity index (χ0v) is 19.1. The van der Waals surface area contributed by atoms with Gasteiger partial charge in [-0.1, -0.05) is 48.5 Å². The number of rotatable bonds is 8. The van der Waals surface area contributed by atoms with Crippen molar-refractivity contribution in [2.45, 2.75) is 45.2 Å². The fraction of sp³-hybridized carbons (Fsp3) is 0.321. The Bertz CT molecular complexity index is 1100. The first kappa shape index (κ1) is 22.9. The molecule has 3 N–H and O–H groups in total. The van der Waals surface area contributed by atoms with Crippen molar-refractivity contribution >= 4 is 5.91 Å². The third-order valence-electron chi connectivity index (χ3n) is 6.56. The lowest BCUT2D eigenvalue weighted by molar-refractivity contribution is 0.0949. The predicted molar refractivity (Wildman–Crippen MR) is 130 cm³/mol. The third kappa shape index (κ3) is 5.55. The number of benzene rings is 3. The SMILES string of the molecule is CC1c2cc(O)c(O)cc2CCN1Cc1ccccc1C(=O)NCCCCc1ccccc1. The van der Waals surface area contributed by atoms with Crippen LogP contribution in [0.15, 0.2) is 66.7 Å². The Morgan fingerprint density at radius 2 is 1.73 bits per heavy atom. The number of hydrogen-bond donors (Lipinski definition) is 3. The number of phenols is 2. The fourth-order valence-electron chi connectivity index (χ4n) is 4.61. The van der Waals surface area contributed by atoms with E-state index in [0.29, 0.717) is 18.7 Å².